The van der Waals surface area contributed by atoms with Gasteiger partial charge in [0.25, 0.3) is 5.79 Å². The first kappa shape index (κ1) is 22.6. The lowest BCUT2D eigenvalue weighted by Crippen LogP contribution is -2.52. The fraction of sp³-hybridized carbons (Fsp3) is 0.214. The fourth-order valence-corrected chi connectivity index (χ4v) is 5.52. The van der Waals surface area contributed by atoms with E-state index in [1.54, 1.807) is 24.5 Å². The number of fused-ring (bicyclic) bond motifs is 3. The van der Waals surface area contributed by atoms with Crippen molar-refractivity contribution in [3.05, 3.63) is 89.5 Å². The Balaban J connectivity index is 1.40. The smallest absolute Gasteiger partial charge is 0.342 e. The van der Waals surface area contributed by atoms with Gasteiger partial charge in [0.05, 0.1) is 29.3 Å². The fourth-order valence-electron chi connectivity index (χ4n) is 4.60. The van der Waals surface area contributed by atoms with Gasteiger partial charge in [0.2, 0.25) is 0 Å². The number of ether oxygens (including phenoxy) is 4. The molecule has 0 amide bonds. The van der Waals surface area contributed by atoms with Crippen molar-refractivity contribution >= 4 is 38.7 Å². The number of methoxy groups -OCH3 is 1. The van der Waals surface area contributed by atoms with Crippen LogP contribution in [-0.2, 0) is 14.3 Å². The summed E-state index contributed by atoms with van der Waals surface area (Å²) in [6, 6.07) is 23.2. The second-order valence-corrected chi connectivity index (χ2v) is 9.64. The van der Waals surface area contributed by atoms with Crippen LogP contribution in [0.1, 0.15) is 23.6 Å². The molecule has 0 saturated heterocycles. The van der Waals surface area contributed by atoms with E-state index in [1.165, 1.54) is 0 Å². The van der Waals surface area contributed by atoms with Crippen LogP contribution in [0.3, 0.4) is 0 Å². The Morgan fingerprint density at radius 3 is 2.64 bits per heavy atom. The molecule has 36 heavy (non-hydrogen) atoms. The lowest BCUT2D eigenvalue weighted by atomic mass is 9.87. The quantitative estimate of drug-likeness (QED) is 0.273. The number of benzene rings is 3. The number of carbonyl (C=O) groups is 1. The molecule has 3 heterocycles. The number of carbonyl (C=O) groups excluding carboxylic acids is 1. The van der Waals surface area contributed by atoms with E-state index in [-0.39, 0.29) is 12.6 Å². The molecule has 182 valence electrons. The largest absolute Gasteiger partial charge is 0.460 e. The minimum Gasteiger partial charge on any atom is -0.460 e. The summed E-state index contributed by atoms with van der Waals surface area (Å²) in [6.45, 7) is 0.434. The Hall–Kier alpha value is -3.88. The molecule has 2 aliphatic heterocycles. The third-order valence-corrected chi connectivity index (χ3v) is 7.25. The van der Waals surface area contributed by atoms with Crippen molar-refractivity contribution in [3.8, 4) is 11.5 Å². The summed E-state index contributed by atoms with van der Waals surface area (Å²) in [4.78, 5) is 18.1. The molecule has 0 bridgehead atoms. The first-order valence-corrected chi connectivity index (χ1v) is 12.5. The summed E-state index contributed by atoms with van der Waals surface area (Å²) in [6.07, 6.45) is 2.14. The maximum atomic E-state index is 13.3. The summed E-state index contributed by atoms with van der Waals surface area (Å²) in [5.41, 5.74) is 3.00. The van der Waals surface area contributed by atoms with Gasteiger partial charge in [0, 0.05) is 18.2 Å². The number of thiazole rings is 1. The number of esters is 1. The number of rotatable bonds is 6. The second-order valence-electron chi connectivity index (χ2n) is 8.61. The highest BCUT2D eigenvalue weighted by molar-refractivity contribution is 7.22. The zero-order chi connectivity index (χ0) is 24.5. The molecule has 1 unspecified atom stereocenters. The van der Waals surface area contributed by atoms with E-state index in [0.29, 0.717) is 30.1 Å². The highest BCUT2D eigenvalue weighted by atomic mass is 32.1. The number of hydrogen-bond acceptors (Lipinski definition) is 8. The van der Waals surface area contributed by atoms with Crippen LogP contribution in [-0.4, -0.2) is 37.1 Å². The monoisotopic (exact) mass is 500 g/mol. The third kappa shape index (κ3) is 4.08. The highest BCUT2D eigenvalue weighted by Gasteiger charge is 2.51. The zero-order valence-corrected chi connectivity index (χ0v) is 20.4. The van der Waals surface area contributed by atoms with E-state index in [9.17, 15) is 4.79 Å². The molecule has 1 spiro atoms. The molecule has 0 aliphatic carbocycles. The van der Waals surface area contributed by atoms with Crippen LogP contribution in [0.2, 0.25) is 0 Å². The molecule has 1 N–H and O–H groups in total. The predicted octanol–water partition coefficient (Wildman–Crippen LogP) is 5.59. The van der Waals surface area contributed by atoms with Gasteiger partial charge in [-0.25, -0.2) is 9.78 Å². The van der Waals surface area contributed by atoms with Gasteiger partial charge in [0.15, 0.2) is 5.13 Å². The van der Waals surface area contributed by atoms with Crippen molar-refractivity contribution in [2.24, 2.45) is 0 Å². The van der Waals surface area contributed by atoms with Gasteiger partial charge in [-0.2, -0.15) is 0 Å². The van der Waals surface area contributed by atoms with Gasteiger partial charge in [-0.05, 0) is 30.3 Å². The van der Waals surface area contributed by atoms with Crippen LogP contribution in [0.25, 0.3) is 16.3 Å². The summed E-state index contributed by atoms with van der Waals surface area (Å²) < 4.78 is 24.7. The van der Waals surface area contributed by atoms with E-state index < -0.39 is 11.8 Å². The molecule has 6 rings (SSSR count). The number of nitrogens with zero attached hydrogens (tertiary/aromatic N) is 1. The molecule has 3 aromatic carbocycles. The first-order chi connectivity index (χ1) is 17.6. The topological polar surface area (TPSA) is 78.9 Å². The van der Waals surface area contributed by atoms with Gasteiger partial charge in [-0.15, -0.1) is 0 Å². The van der Waals surface area contributed by atoms with E-state index in [1.807, 2.05) is 66.7 Å². The van der Waals surface area contributed by atoms with E-state index in [4.69, 9.17) is 23.9 Å². The first-order valence-electron chi connectivity index (χ1n) is 11.7. The molecule has 2 aliphatic rings. The molecular weight excluding hydrogens is 476 g/mol. The molecule has 8 heteroatoms. The highest BCUT2D eigenvalue weighted by Crippen LogP contribution is 2.48. The van der Waals surface area contributed by atoms with E-state index in [0.717, 1.165) is 26.5 Å². The molecule has 0 fully saturated rings. The lowest BCUT2D eigenvalue weighted by Gasteiger charge is -2.44. The van der Waals surface area contributed by atoms with Crippen molar-refractivity contribution < 1.29 is 23.7 Å². The van der Waals surface area contributed by atoms with Crippen LogP contribution in [0.15, 0.2) is 78.4 Å². The lowest BCUT2D eigenvalue weighted by molar-refractivity contribution is -0.152. The number of nitrogens with one attached hydrogen (secondary N) is 1. The normalized spacial score (nSPS) is 20.0. The standard InChI is InChI=1S/C28H24N2O5S/c1-32-14-15-33-26(31)20-16-18-8-2-5-11-23(18)34-28(20)17-22(19-9-3-6-12-24(19)35-28)30-27-29-21-10-4-7-13-25(21)36-27/h2-13,16,22H,14-15,17H2,1H3,(H,29,30)/t22-,28?/m0/s1. The zero-order valence-electron chi connectivity index (χ0n) is 19.6. The maximum absolute atomic E-state index is 13.3. The third-order valence-electron chi connectivity index (χ3n) is 6.28. The van der Waals surface area contributed by atoms with Gasteiger partial charge in [0.1, 0.15) is 23.7 Å². The van der Waals surface area contributed by atoms with E-state index in [2.05, 4.69) is 11.4 Å². The minimum atomic E-state index is -1.37. The van der Waals surface area contributed by atoms with Crippen molar-refractivity contribution in [3.63, 3.8) is 0 Å². The van der Waals surface area contributed by atoms with E-state index >= 15 is 0 Å². The Bertz CT molecular complexity index is 1430. The summed E-state index contributed by atoms with van der Waals surface area (Å²) >= 11 is 1.59. The minimum absolute atomic E-state index is 0.133. The molecule has 4 aromatic rings. The Kier molecular flexibility index (Phi) is 5.83. The van der Waals surface area contributed by atoms with Crippen LogP contribution in [0.5, 0.6) is 11.5 Å². The Morgan fingerprint density at radius 2 is 1.78 bits per heavy atom. The molecule has 7 nitrogen and oxygen atoms in total. The van der Waals surface area contributed by atoms with Gasteiger partial charge in [-0.1, -0.05) is 59.9 Å². The number of aromatic nitrogens is 1. The average Bonchev–Trinajstić information content (AvgIpc) is 3.30. The van der Waals surface area contributed by atoms with Crippen molar-refractivity contribution in [2.45, 2.75) is 18.2 Å². The second kappa shape index (κ2) is 9.29. The van der Waals surface area contributed by atoms with Gasteiger partial charge < -0.3 is 24.3 Å². The van der Waals surface area contributed by atoms with Crippen molar-refractivity contribution in [1.29, 1.82) is 0 Å². The SMILES string of the molecule is COCCOC(=O)C1=Cc2ccccc2OC12C[C@H](Nc1nc3ccccc3s1)c1ccccc1O2. The summed E-state index contributed by atoms with van der Waals surface area (Å²) in [5, 5.41) is 4.37. The van der Waals surface area contributed by atoms with Gasteiger partial charge >= 0.3 is 5.97 Å². The van der Waals surface area contributed by atoms with Crippen molar-refractivity contribution in [1.82, 2.24) is 4.98 Å². The molecule has 1 aromatic heterocycles. The van der Waals surface area contributed by atoms with Crippen LogP contribution >= 0.6 is 11.3 Å². The maximum Gasteiger partial charge on any atom is 0.342 e. The Labute approximate surface area is 212 Å². The van der Waals surface area contributed by atoms with Crippen LogP contribution in [0, 0.1) is 0 Å². The number of hydrogen-bond donors (Lipinski definition) is 1. The summed E-state index contributed by atoms with van der Waals surface area (Å²) in [7, 11) is 1.56. The average molecular weight is 501 g/mol. The number of anilines is 1. The van der Waals surface area contributed by atoms with Crippen LogP contribution in [0.4, 0.5) is 5.13 Å². The van der Waals surface area contributed by atoms with Crippen molar-refractivity contribution in [2.75, 3.05) is 25.6 Å². The molecule has 2 atom stereocenters. The predicted molar refractivity (Wildman–Crippen MR) is 138 cm³/mol. The van der Waals surface area contributed by atoms with Gasteiger partial charge in [-0.3, -0.25) is 0 Å². The summed E-state index contributed by atoms with van der Waals surface area (Å²) in [5.74, 6) is -0.595. The Morgan fingerprint density at radius 1 is 1.03 bits per heavy atom. The molecule has 0 radical (unpaired) electrons. The van der Waals surface area contributed by atoms with Crippen LogP contribution < -0.4 is 14.8 Å². The number of para-hydroxylation sites is 3. The molecular formula is C28H24N2O5S. The molecule has 0 saturated carbocycles.